The number of carbonyl (C=O) groups is 1. The van der Waals surface area contributed by atoms with E-state index >= 15 is 0 Å². The highest BCUT2D eigenvalue weighted by molar-refractivity contribution is 6.35. The molecular weight excluding hydrogens is 307 g/mol. The van der Waals surface area contributed by atoms with Crippen LogP contribution >= 0.6 is 23.2 Å². The molecule has 1 saturated carbocycles. The normalized spacial score (nSPS) is 22.1. The molecule has 0 aliphatic heterocycles. The molecule has 0 radical (unpaired) electrons. The molecule has 116 valence electrons. The van der Waals surface area contributed by atoms with Crippen molar-refractivity contribution in [2.75, 3.05) is 13.1 Å². The zero-order chi connectivity index (χ0) is 15.4. The number of hydrogen-bond acceptors (Lipinski definition) is 2. The van der Waals surface area contributed by atoms with E-state index in [9.17, 15) is 4.79 Å². The number of rotatable bonds is 4. The SMILES string of the molecule is CCN(C(=O)c1cc(Cl)cc(Cl)c1)C1CCCCC1CN. The molecular formula is C16H22Cl2N2O. The van der Waals surface area contributed by atoms with Crippen molar-refractivity contribution >= 4 is 29.1 Å². The molecule has 0 bridgehead atoms. The molecule has 1 fully saturated rings. The molecule has 1 aromatic carbocycles. The van der Waals surface area contributed by atoms with Gasteiger partial charge >= 0.3 is 0 Å². The molecule has 21 heavy (non-hydrogen) atoms. The molecule has 2 atom stereocenters. The van der Waals surface area contributed by atoms with Crippen molar-refractivity contribution in [3.8, 4) is 0 Å². The first-order valence-corrected chi connectivity index (χ1v) is 8.29. The van der Waals surface area contributed by atoms with E-state index in [1.54, 1.807) is 18.2 Å². The van der Waals surface area contributed by atoms with Gasteiger partial charge in [-0.2, -0.15) is 0 Å². The highest BCUT2D eigenvalue weighted by Crippen LogP contribution is 2.29. The Morgan fingerprint density at radius 1 is 1.24 bits per heavy atom. The molecule has 1 aromatic rings. The lowest BCUT2D eigenvalue weighted by atomic mass is 9.83. The van der Waals surface area contributed by atoms with Crippen LogP contribution in [0.5, 0.6) is 0 Å². The van der Waals surface area contributed by atoms with E-state index in [1.165, 1.54) is 6.42 Å². The quantitative estimate of drug-likeness (QED) is 0.908. The van der Waals surface area contributed by atoms with Gasteiger partial charge in [-0.3, -0.25) is 4.79 Å². The smallest absolute Gasteiger partial charge is 0.254 e. The number of hydrogen-bond donors (Lipinski definition) is 1. The van der Waals surface area contributed by atoms with Gasteiger partial charge in [0.05, 0.1) is 0 Å². The summed E-state index contributed by atoms with van der Waals surface area (Å²) in [5.41, 5.74) is 6.44. The second-order valence-electron chi connectivity index (χ2n) is 5.60. The summed E-state index contributed by atoms with van der Waals surface area (Å²) in [4.78, 5) is 14.7. The largest absolute Gasteiger partial charge is 0.336 e. The van der Waals surface area contributed by atoms with Crippen molar-refractivity contribution in [2.45, 2.75) is 38.6 Å². The predicted octanol–water partition coefficient (Wildman–Crippen LogP) is 3.97. The van der Waals surface area contributed by atoms with Crippen molar-refractivity contribution in [3.63, 3.8) is 0 Å². The van der Waals surface area contributed by atoms with E-state index in [1.807, 2.05) is 11.8 Å². The monoisotopic (exact) mass is 328 g/mol. The summed E-state index contributed by atoms with van der Waals surface area (Å²) in [5.74, 6) is 0.379. The fourth-order valence-electron chi connectivity index (χ4n) is 3.25. The third kappa shape index (κ3) is 3.91. The molecule has 0 saturated heterocycles. The van der Waals surface area contributed by atoms with E-state index in [0.29, 0.717) is 34.6 Å². The Hall–Kier alpha value is -0.770. The van der Waals surface area contributed by atoms with E-state index in [-0.39, 0.29) is 11.9 Å². The summed E-state index contributed by atoms with van der Waals surface area (Å²) >= 11 is 12.0. The van der Waals surface area contributed by atoms with Crippen molar-refractivity contribution in [3.05, 3.63) is 33.8 Å². The average molecular weight is 329 g/mol. The lowest BCUT2D eigenvalue weighted by Crippen LogP contribution is -2.48. The summed E-state index contributed by atoms with van der Waals surface area (Å²) < 4.78 is 0. The third-order valence-corrected chi connectivity index (χ3v) is 4.72. The van der Waals surface area contributed by atoms with Crippen LogP contribution in [0.15, 0.2) is 18.2 Å². The Balaban J connectivity index is 2.25. The summed E-state index contributed by atoms with van der Waals surface area (Å²) in [6, 6.07) is 5.22. The molecule has 3 nitrogen and oxygen atoms in total. The average Bonchev–Trinajstić information content (AvgIpc) is 2.47. The Labute approximate surface area is 136 Å². The van der Waals surface area contributed by atoms with Crippen molar-refractivity contribution in [2.24, 2.45) is 11.7 Å². The molecule has 1 aliphatic rings. The highest BCUT2D eigenvalue weighted by Gasteiger charge is 2.31. The van der Waals surface area contributed by atoms with Crippen LogP contribution in [0.3, 0.4) is 0 Å². The van der Waals surface area contributed by atoms with Crippen LogP contribution in [-0.2, 0) is 0 Å². The topological polar surface area (TPSA) is 46.3 Å². The number of amides is 1. The summed E-state index contributed by atoms with van der Waals surface area (Å²) in [7, 11) is 0. The fourth-order valence-corrected chi connectivity index (χ4v) is 3.77. The zero-order valence-electron chi connectivity index (χ0n) is 12.3. The molecule has 0 spiro atoms. The number of benzene rings is 1. The lowest BCUT2D eigenvalue weighted by molar-refractivity contribution is 0.0560. The first-order chi connectivity index (χ1) is 10.1. The molecule has 1 amide bonds. The summed E-state index contributed by atoms with van der Waals surface area (Å²) in [6.45, 7) is 3.31. The van der Waals surface area contributed by atoms with Crippen LogP contribution in [0.4, 0.5) is 0 Å². The minimum Gasteiger partial charge on any atom is -0.336 e. The van der Waals surface area contributed by atoms with Gasteiger partial charge in [-0.25, -0.2) is 0 Å². The van der Waals surface area contributed by atoms with E-state index in [4.69, 9.17) is 28.9 Å². The van der Waals surface area contributed by atoms with E-state index in [0.717, 1.165) is 19.3 Å². The maximum Gasteiger partial charge on any atom is 0.254 e. The van der Waals surface area contributed by atoms with Crippen molar-refractivity contribution in [1.82, 2.24) is 4.90 Å². The Kier molecular flexibility index (Phi) is 5.91. The Bertz CT molecular complexity index is 487. The van der Waals surface area contributed by atoms with Gasteiger partial charge in [0, 0.05) is 28.2 Å². The second-order valence-corrected chi connectivity index (χ2v) is 6.47. The van der Waals surface area contributed by atoms with Crippen LogP contribution in [0.25, 0.3) is 0 Å². The zero-order valence-corrected chi connectivity index (χ0v) is 13.8. The van der Waals surface area contributed by atoms with E-state index in [2.05, 4.69) is 0 Å². The first-order valence-electron chi connectivity index (χ1n) is 7.54. The van der Waals surface area contributed by atoms with E-state index < -0.39 is 0 Å². The van der Waals surface area contributed by atoms with Gasteiger partial charge in [-0.15, -0.1) is 0 Å². The minimum atomic E-state index is -0.00718. The van der Waals surface area contributed by atoms with Crippen LogP contribution in [-0.4, -0.2) is 29.9 Å². The number of nitrogens with two attached hydrogens (primary N) is 1. The van der Waals surface area contributed by atoms with Crippen LogP contribution in [0.2, 0.25) is 10.0 Å². The third-order valence-electron chi connectivity index (χ3n) is 4.28. The van der Waals surface area contributed by atoms with Crippen molar-refractivity contribution in [1.29, 1.82) is 0 Å². The summed E-state index contributed by atoms with van der Waals surface area (Å²) in [5, 5.41) is 0.974. The molecule has 2 rings (SSSR count). The van der Waals surface area contributed by atoms with Gasteiger partial charge in [-0.1, -0.05) is 36.0 Å². The standard InChI is InChI=1S/C16H22Cl2N2O/c1-2-20(15-6-4-3-5-11(15)10-19)16(21)12-7-13(17)9-14(18)8-12/h7-9,11,15H,2-6,10,19H2,1H3. The number of halogens is 2. The Morgan fingerprint density at radius 3 is 2.43 bits per heavy atom. The van der Waals surface area contributed by atoms with Gasteiger partial charge < -0.3 is 10.6 Å². The highest BCUT2D eigenvalue weighted by atomic mass is 35.5. The maximum atomic E-state index is 12.8. The molecule has 1 aliphatic carbocycles. The molecule has 0 heterocycles. The van der Waals surface area contributed by atoms with Crippen LogP contribution in [0, 0.1) is 5.92 Å². The van der Waals surface area contributed by atoms with Crippen LogP contribution < -0.4 is 5.73 Å². The minimum absolute atomic E-state index is 0.00718. The Morgan fingerprint density at radius 2 is 1.86 bits per heavy atom. The lowest BCUT2D eigenvalue weighted by Gasteiger charge is -2.39. The van der Waals surface area contributed by atoms with Gasteiger partial charge in [0.15, 0.2) is 0 Å². The van der Waals surface area contributed by atoms with Gasteiger partial charge in [-0.05, 0) is 50.4 Å². The molecule has 5 heteroatoms. The van der Waals surface area contributed by atoms with Gasteiger partial charge in [0.1, 0.15) is 0 Å². The van der Waals surface area contributed by atoms with Gasteiger partial charge in [0.25, 0.3) is 5.91 Å². The first kappa shape index (κ1) is 16.6. The van der Waals surface area contributed by atoms with Crippen LogP contribution in [0.1, 0.15) is 43.0 Å². The number of carbonyl (C=O) groups excluding carboxylic acids is 1. The van der Waals surface area contributed by atoms with Crippen molar-refractivity contribution < 1.29 is 4.79 Å². The fraction of sp³-hybridized carbons (Fsp3) is 0.562. The molecule has 0 aromatic heterocycles. The predicted molar refractivity (Wildman–Crippen MR) is 88.0 cm³/mol. The summed E-state index contributed by atoms with van der Waals surface area (Å²) in [6.07, 6.45) is 4.48. The molecule has 2 N–H and O–H groups in total. The van der Waals surface area contributed by atoms with Gasteiger partial charge in [0.2, 0.25) is 0 Å². The number of nitrogens with zero attached hydrogens (tertiary/aromatic N) is 1. The second kappa shape index (κ2) is 7.48. The molecule has 2 unspecified atom stereocenters. The maximum absolute atomic E-state index is 12.8.